The first-order valence-electron chi connectivity index (χ1n) is 7.49. The highest BCUT2D eigenvalue weighted by molar-refractivity contribution is 6.05. The van der Waals surface area contributed by atoms with Gasteiger partial charge in [0, 0.05) is 6.20 Å². The van der Waals surface area contributed by atoms with Gasteiger partial charge >= 0.3 is 0 Å². The molecule has 124 valence electrons. The molecule has 0 aliphatic heterocycles. The lowest BCUT2D eigenvalue weighted by Crippen LogP contribution is -2.16. The maximum absolute atomic E-state index is 12.7. The van der Waals surface area contributed by atoms with Gasteiger partial charge in [-0.2, -0.15) is 10.2 Å². The number of aromatic amines is 1. The van der Waals surface area contributed by atoms with Crippen molar-refractivity contribution in [3.05, 3.63) is 48.0 Å². The molecule has 0 radical (unpaired) electrons. The van der Waals surface area contributed by atoms with Gasteiger partial charge in [-0.05, 0) is 18.1 Å². The molecular weight excluding hydrogens is 308 g/mol. The van der Waals surface area contributed by atoms with Crippen molar-refractivity contribution >= 4 is 11.7 Å². The molecule has 0 saturated carbocycles. The quantitative estimate of drug-likeness (QED) is 0.750. The summed E-state index contributed by atoms with van der Waals surface area (Å²) < 4.78 is 6.82. The molecule has 0 bridgehead atoms. The van der Waals surface area contributed by atoms with E-state index in [9.17, 15) is 4.79 Å². The van der Waals surface area contributed by atoms with Gasteiger partial charge in [0.25, 0.3) is 5.91 Å². The number of carbonyl (C=O) groups excluding carboxylic acids is 1. The Hall–Kier alpha value is -3.16. The van der Waals surface area contributed by atoms with Crippen LogP contribution in [0.2, 0.25) is 0 Å². The lowest BCUT2D eigenvalue weighted by Gasteiger charge is -2.12. The summed E-state index contributed by atoms with van der Waals surface area (Å²) >= 11 is 0. The number of hydrogen-bond donors (Lipinski definition) is 2. The van der Waals surface area contributed by atoms with Crippen LogP contribution in [0.4, 0.5) is 5.82 Å². The third-order valence-electron chi connectivity index (χ3n) is 3.53. The molecule has 3 heterocycles. The molecule has 0 saturated heterocycles. The lowest BCUT2D eigenvalue weighted by atomic mass is 10.1. The number of anilines is 1. The van der Waals surface area contributed by atoms with E-state index >= 15 is 0 Å². The van der Waals surface area contributed by atoms with Crippen LogP contribution in [-0.2, 0) is 0 Å². The molecule has 0 atom stereocenters. The van der Waals surface area contributed by atoms with Gasteiger partial charge in [-0.25, -0.2) is 9.67 Å². The minimum Gasteiger partial charge on any atom is -0.491 e. The van der Waals surface area contributed by atoms with Crippen LogP contribution in [0.1, 0.15) is 35.8 Å². The van der Waals surface area contributed by atoms with Gasteiger partial charge in [0.2, 0.25) is 0 Å². The Balaban J connectivity index is 1.96. The Kier molecular flexibility index (Phi) is 4.28. The van der Waals surface area contributed by atoms with Crippen molar-refractivity contribution in [2.24, 2.45) is 0 Å². The summed E-state index contributed by atoms with van der Waals surface area (Å²) in [5.74, 6) is 1.33. The third kappa shape index (κ3) is 2.85. The first kappa shape index (κ1) is 15.7. The fourth-order valence-electron chi connectivity index (χ4n) is 2.45. The molecule has 0 aliphatic carbocycles. The maximum Gasteiger partial charge on any atom is 0.260 e. The number of nitrogens with zero attached hydrogens (tertiary/aromatic N) is 4. The molecule has 0 unspecified atom stereocenters. The summed E-state index contributed by atoms with van der Waals surface area (Å²) in [7, 11) is 1.51. The van der Waals surface area contributed by atoms with Crippen LogP contribution in [0.3, 0.4) is 0 Å². The molecule has 8 heteroatoms. The molecule has 8 nitrogen and oxygen atoms in total. The second-order valence-electron chi connectivity index (χ2n) is 5.47. The second kappa shape index (κ2) is 6.53. The third-order valence-corrected chi connectivity index (χ3v) is 3.53. The number of ether oxygens (including phenoxy) is 1. The van der Waals surface area contributed by atoms with E-state index in [0.29, 0.717) is 22.9 Å². The Labute approximate surface area is 138 Å². The number of nitrogens with one attached hydrogen (secondary N) is 2. The van der Waals surface area contributed by atoms with Gasteiger partial charge in [-0.3, -0.25) is 9.89 Å². The molecule has 3 aromatic rings. The van der Waals surface area contributed by atoms with Crippen molar-refractivity contribution in [2.75, 3.05) is 12.4 Å². The van der Waals surface area contributed by atoms with Crippen LogP contribution in [0.5, 0.6) is 5.75 Å². The molecule has 24 heavy (non-hydrogen) atoms. The van der Waals surface area contributed by atoms with E-state index in [0.717, 1.165) is 5.69 Å². The molecule has 2 N–H and O–H groups in total. The zero-order valence-corrected chi connectivity index (χ0v) is 13.6. The zero-order valence-electron chi connectivity index (χ0n) is 13.6. The molecule has 0 spiro atoms. The van der Waals surface area contributed by atoms with Gasteiger partial charge in [0.15, 0.2) is 17.4 Å². The minimum absolute atomic E-state index is 0.0823. The fraction of sp³-hybridized carbons (Fsp3) is 0.250. The average Bonchev–Trinajstić information content (AvgIpc) is 3.21. The SMILES string of the molecule is COc1cn[nH]c1NC(=O)c1cnn(-c2ccccn2)c1C(C)C. The van der Waals surface area contributed by atoms with Crippen LogP contribution in [0.15, 0.2) is 36.8 Å². The molecule has 1 amide bonds. The molecule has 0 aliphatic rings. The monoisotopic (exact) mass is 326 g/mol. The largest absolute Gasteiger partial charge is 0.491 e. The van der Waals surface area contributed by atoms with E-state index in [4.69, 9.17) is 4.74 Å². The number of methoxy groups -OCH3 is 1. The fourth-order valence-corrected chi connectivity index (χ4v) is 2.45. The lowest BCUT2D eigenvalue weighted by molar-refractivity contribution is 0.102. The van der Waals surface area contributed by atoms with Crippen molar-refractivity contribution in [1.82, 2.24) is 25.0 Å². The Morgan fingerprint density at radius 1 is 1.33 bits per heavy atom. The van der Waals surface area contributed by atoms with Gasteiger partial charge in [0.1, 0.15) is 0 Å². The topological polar surface area (TPSA) is 97.7 Å². The number of carbonyl (C=O) groups is 1. The second-order valence-corrected chi connectivity index (χ2v) is 5.47. The average molecular weight is 326 g/mol. The van der Waals surface area contributed by atoms with E-state index in [-0.39, 0.29) is 11.8 Å². The summed E-state index contributed by atoms with van der Waals surface area (Å²) in [5, 5.41) is 13.7. The highest BCUT2D eigenvalue weighted by Gasteiger charge is 2.22. The van der Waals surface area contributed by atoms with Crippen LogP contribution < -0.4 is 10.1 Å². The Morgan fingerprint density at radius 3 is 2.83 bits per heavy atom. The van der Waals surface area contributed by atoms with E-state index < -0.39 is 0 Å². The van der Waals surface area contributed by atoms with Crippen molar-refractivity contribution in [1.29, 1.82) is 0 Å². The van der Waals surface area contributed by atoms with Crippen molar-refractivity contribution in [3.8, 4) is 11.6 Å². The zero-order chi connectivity index (χ0) is 17.1. The van der Waals surface area contributed by atoms with Crippen molar-refractivity contribution in [3.63, 3.8) is 0 Å². The standard InChI is InChI=1S/C16H18N6O2/c1-10(2)14-11(8-19-22(14)13-6-4-5-7-17-13)16(23)20-15-12(24-3)9-18-21-15/h4-10H,1-3H3,(H2,18,20,21,23). The highest BCUT2D eigenvalue weighted by atomic mass is 16.5. The van der Waals surface area contributed by atoms with E-state index in [2.05, 4.69) is 25.6 Å². The summed E-state index contributed by atoms with van der Waals surface area (Å²) in [6.07, 6.45) is 4.73. The van der Waals surface area contributed by atoms with Crippen LogP contribution in [0, 0.1) is 0 Å². The summed E-state index contributed by atoms with van der Waals surface area (Å²) in [6.45, 7) is 4.01. The number of pyridine rings is 1. The van der Waals surface area contributed by atoms with E-state index in [1.165, 1.54) is 13.3 Å². The van der Waals surface area contributed by atoms with Crippen LogP contribution in [0.25, 0.3) is 5.82 Å². The van der Waals surface area contributed by atoms with Crippen molar-refractivity contribution < 1.29 is 9.53 Å². The number of hydrogen-bond acceptors (Lipinski definition) is 5. The number of rotatable bonds is 5. The first-order valence-corrected chi connectivity index (χ1v) is 7.49. The molecule has 0 fully saturated rings. The van der Waals surface area contributed by atoms with Gasteiger partial charge < -0.3 is 10.1 Å². The van der Waals surface area contributed by atoms with Gasteiger partial charge in [0.05, 0.1) is 30.8 Å². The molecule has 0 aromatic carbocycles. The smallest absolute Gasteiger partial charge is 0.260 e. The summed E-state index contributed by atoms with van der Waals surface area (Å²) in [5.41, 5.74) is 1.26. The maximum atomic E-state index is 12.7. The normalized spacial score (nSPS) is 10.8. The summed E-state index contributed by atoms with van der Waals surface area (Å²) in [6, 6.07) is 5.56. The first-order chi connectivity index (χ1) is 11.6. The van der Waals surface area contributed by atoms with E-state index in [1.807, 2.05) is 32.0 Å². The number of H-pyrrole nitrogens is 1. The highest BCUT2D eigenvalue weighted by Crippen LogP contribution is 2.25. The van der Waals surface area contributed by atoms with Gasteiger partial charge in [-0.15, -0.1) is 0 Å². The number of amides is 1. The van der Waals surface area contributed by atoms with Crippen molar-refractivity contribution in [2.45, 2.75) is 19.8 Å². The molecule has 3 aromatic heterocycles. The Bertz CT molecular complexity index is 837. The minimum atomic E-state index is -0.288. The van der Waals surface area contributed by atoms with Gasteiger partial charge in [-0.1, -0.05) is 19.9 Å². The predicted octanol–water partition coefficient (Wildman–Crippen LogP) is 2.37. The predicted molar refractivity (Wildman–Crippen MR) is 88.5 cm³/mol. The van der Waals surface area contributed by atoms with E-state index in [1.54, 1.807) is 17.1 Å². The number of aromatic nitrogens is 5. The molecule has 3 rings (SSSR count). The van der Waals surface area contributed by atoms with Crippen LogP contribution in [-0.4, -0.2) is 38.0 Å². The van der Waals surface area contributed by atoms with Crippen LogP contribution >= 0.6 is 0 Å². The molecular formula is C16H18N6O2. The Morgan fingerprint density at radius 2 is 2.17 bits per heavy atom. The summed E-state index contributed by atoms with van der Waals surface area (Å²) in [4.78, 5) is 17.0.